The van der Waals surface area contributed by atoms with Gasteiger partial charge in [-0.1, -0.05) is 115 Å². The second kappa shape index (κ2) is 33.8. The standard InChI is InChI=1S/C47H75N5O8.C2H4N4/c1-4-5-6-7-8-9-10-11-12-13-14-15-16-17-18-19-20-31-41(54)48-32-25-24-29-39(45(57)60-36(2)34-42(55)50-38-28-23-26-33-49-43(38)56)51-46(58)47(3)35-59-44(52-47)37-27-21-22-30-40(37)53;3-1-6-2(4)5/h20-22,27,30-31,36,38-39,53H,4-19,23-26,28-29,32-35H2,1-3H3,(H,48,54)(H,49,56)(H,50,55)(H,51,58);(H4,4,5,6)/b31-20-;/t36-,38+,39+,47+;/m1./s1. The van der Waals surface area contributed by atoms with Crippen molar-refractivity contribution in [2.24, 2.45) is 21.5 Å². The summed E-state index contributed by atoms with van der Waals surface area (Å²) in [4.78, 5) is 72.0. The summed E-state index contributed by atoms with van der Waals surface area (Å²) in [5, 5.41) is 29.1. The van der Waals surface area contributed by atoms with Gasteiger partial charge in [0.05, 0.1) is 12.0 Å². The van der Waals surface area contributed by atoms with Gasteiger partial charge in [0, 0.05) is 13.1 Å². The maximum Gasteiger partial charge on any atom is 0.328 e. The van der Waals surface area contributed by atoms with Crippen molar-refractivity contribution in [2.75, 3.05) is 19.7 Å². The van der Waals surface area contributed by atoms with Crippen LogP contribution in [-0.2, 0) is 33.4 Å². The average molecular weight is 922 g/mol. The van der Waals surface area contributed by atoms with Gasteiger partial charge in [-0.25, -0.2) is 9.79 Å². The number of hydrogen-bond acceptors (Lipinski definition) is 11. The molecule has 0 spiro atoms. The summed E-state index contributed by atoms with van der Waals surface area (Å²) in [5.74, 6) is -2.21. The molecule has 0 radical (unpaired) electrons. The fourth-order valence-electron chi connectivity index (χ4n) is 7.51. The Labute approximate surface area is 392 Å². The number of amides is 4. The van der Waals surface area contributed by atoms with Crippen molar-refractivity contribution in [2.45, 2.75) is 192 Å². The molecule has 2 aliphatic rings. The van der Waals surface area contributed by atoms with Crippen molar-refractivity contribution in [1.29, 1.82) is 5.26 Å². The SMILES string of the molecule is CCCCCCCCCCCCCCCCC/C=C\C(=O)NCCCC[C@H](NC(=O)[C@]1(C)COC(c2ccccc2O)=N1)C(=O)O[C@H](C)CC(=O)N[C@H]1CCCCNC1=O.N#CN=C(N)N. The lowest BCUT2D eigenvalue weighted by atomic mass is 10.0. The van der Waals surface area contributed by atoms with Crippen molar-refractivity contribution in [3.63, 3.8) is 0 Å². The van der Waals surface area contributed by atoms with E-state index in [-0.39, 0.29) is 48.9 Å². The van der Waals surface area contributed by atoms with Crippen LogP contribution in [0.1, 0.15) is 174 Å². The van der Waals surface area contributed by atoms with Gasteiger partial charge in [-0.05, 0) is 83.4 Å². The molecule has 0 aliphatic carbocycles. The lowest BCUT2D eigenvalue weighted by molar-refractivity contribution is -0.154. The highest BCUT2D eigenvalue weighted by atomic mass is 16.5. The smallest absolute Gasteiger partial charge is 0.328 e. The van der Waals surface area contributed by atoms with Gasteiger partial charge < -0.3 is 47.3 Å². The van der Waals surface area contributed by atoms with Gasteiger partial charge in [-0.15, -0.1) is 4.99 Å². The minimum Gasteiger partial charge on any atom is -0.507 e. The number of phenols is 1. The van der Waals surface area contributed by atoms with Crippen LogP contribution in [-0.4, -0.2) is 90.0 Å². The van der Waals surface area contributed by atoms with E-state index in [0.29, 0.717) is 37.9 Å². The first kappa shape index (κ1) is 56.5. The molecule has 1 fully saturated rings. The molecule has 4 atom stereocenters. The number of rotatable bonds is 30. The van der Waals surface area contributed by atoms with E-state index in [0.717, 1.165) is 25.7 Å². The summed E-state index contributed by atoms with van der Waals surface area (Å²) >= 11 is 0. The predicted octanol–water partition coefficient (Wildman–Crippen LogP) is 6.36. The van der Waals surface area contributed by atoms with Crippen LogP contribution in [0.2, 0.25) is 0 Å². The number of guanidine groups is 1. The van der Waals surface area contributed by atoms with Gasteiger partial charge in [0.2, 0.25) is 35.8 Å². The molecule has 0 saturated carbocycles. The van der Waals surface area contributed by atoms with E-state index in [1.54, 1.807) is 38.1 Å². The van der Waals surface area contributed by atoms with E-state index in [1.807, 2.05) is 6.08 Å². The minimum absolute atomic E-state index is 0.0390. The highest BCUT2D eigenvalue weighted by Gasteiger charge is 2.42. The van der Waals surface area contributed by atoms with Crippen LogP contribution in [0, 0.1) is 11.5 Å². The van der Waals surface area contributed by atoms with E-state index < -0.39 is 41.5 Å². The Morgan fingerprint density at radius 1 is 0.985 bits per heavy atom. The Morgan fingerprint density at radius 2 is 1.62 bits per heavy atom. The molecule has 368 valence electrons. The summed E-state index contributed by atoms with van der Waals surface area (Å²) < 4.78 is 11.4. The molecule has 17 nitrogen and oxygen atoms in total. The molecule has 17 heteroatoms. The highest BCUT2D eigenvalue weighted by Crippen LogP contribution is 2.26. The lowest BCUT2D eigenvalue weighted by Gasteiger charge is -2.24. The third kappa shape index (κ3) is 24.6. The summed E-state index contributed by atoms with van der Waals surface area (Å²) in [6, 6.07) is 4.81. The molecule has 1 aromatic rings. The molecule has 4 amide bonds. The maximum atomic E-state index is 13.6. The van der Waals surface area contributed by atoms with E-state index in [2.05, 4.69) is 38.2 Å². The normalized spacial score (nSPS) is 17.6. The number of nitriles is 1. The Morgan fingerprint density at radius 3 is 2.23 bits per heavy atom. The zero-order valence-corrected chi connectivity index (χ0v) is 39.9. The number of carbonyl (C=O) groups is 5. The van der Waals surface area contributed by atoms with Crippen LogP contribution in [0.4, 0.5) is 0 Å². The van der Waals surface area contributed by atoms with Crippen LogP contribution < -0.4 is 32.7 Å². The quantitative estimate of drug-likeness (QED) is 0.0111. The number of nitrogens with one attached hydrogen (secondary N) is 4. The van der Waals surface area contributed by atoms with Crippen LogP contribution >= 0.6 is 0 Å². The van der Waals surface area contributed by atoms with Crippen molar-refractivity contribution in [1.82, 2.24) is 21.3 Å². The molecule has 2 aliphatic heterocycles. The van der Waals surface area contributed by atoms with Crippen molar-refractivity contribution in [3.05, 3.63) is 42.0 Å². The number of unbranched alkanes of at least 4 members (excludes halogenated alkanes) is 16. The number of nitrogens with two attached hydrogens (primary N) is 2. The van der Waals surface area contributed by atoms with Crippen molar-refractivity contribution < 1.29 is 38.6 Å². The van der Waals surface area contributed by atoms with E-state index in [4.69, 9.17) is 26.2 Å². The number of carbonyl (C=O) groups excluding carboxylic acids is 5. The van der Waals surface area contributed by atoms with E-state index >= 15 is 0 Å². The zero-order valence-electron chi connectivity index (χ0n) is 39.9. The summed E-state index contributed by atoms with van der Waals surface area (Å²) in [5.41, 5.74) is 8.38. The van der Waals surface area contributed by atoms with Gasteiger partial charge >= 0.3 is 5.97 Å². The topological polar surface area (TPSA) is 273 Å². The molecule has 9 N–H and O–H groups in total. The first-order valence-corrected chi connectivity index (χ1v) is 24.3. The summed E-state index contributed by atoms with van der Waals surface area (Å²) in [7, 11) is 0. The predicted molar refractivity (Wildman–Crippen MR) is 257 cm³/mol. The second-order valence-corrected chi connectivity index (χ2v) is 17.4. The molecule has 66 heavy (non-hydrogen) atoms. The van der Waals surface area contributed by atoms with Gasteiger partial charge in [0.25, 0.3) is 5.91 Å². The van der Waals surface area contributed by atoms with Crippen LogP contribution in [0.25, 0.3) is 0 Å². The number of para-hydroxylation sites is 1. The minimum atomic E-state index is -1.38. The molecule has 0 bridgehead atoms. The molecule has 0 unspecified atom stereocenters. The Balaban J connectivity index is 0.00000233. The number of hydrogen-bond donors (Lipinski definition) is 7. The number of phenolic OH excluding ortho intramolecular Hbond substituents is 1. The van der Waals surface area contributed by atoms with Gasteiger partial charge in [0.1, 0.15) is 30.5 Å². The molecule has 2 heterocycles. The van der Waals surface area contributed by atoms with Gasteiger partial charge in [-0.2, -0.15) is 5.26 Å². The monoisotopic (exact) mass is 922 g/mol. The first-order valence-electron chi connectivity index (χ1n) is 24.3. The Bertz CT molecular complexity index is 1760. The number of esters is 1. The zero-order chi connectivity index (χ0) is 48.4. The Kier molecular flexibility index (Phi) is 28.9. The van der Waals surface area contributed by atoms with E-state index in [1.165, 1.54) is 102 Å². The molecule has 0 aromatic heterocycles. The van der Waals surface area contributed by atoms with Gasteiger partial charge in [0.15, 0.2) is 5.54 Å². The van der Waals surface area contributed by atoms with Crippen LogP contribution in [0.5, 0.6) is 5.75 Å². The van der Waals surface area contributed by atoms with E-state index in [9.17, 15) is 29.1 Å². The first-order chi connectivity index (χ1) is 31.8. The van der Waals surface area contributed by atoms with Crippen molar-refractivity contribution in [3.8, 4) is 11.9 Å². The molecule has 1 aromatic carbocycles. The number of benzene rings is 1. The largest absolute Gasteiger partial charge is 0.507 e. The molecular weight excluding hydrogens is 843 g/mol. The van der Waals surface area contributed by atoms with Crippen LogP contribution in [0.15, 0.2) is 46.4 Å². The molecule has 3 rings (SSSR count). The summed E-state index contributed by atoms with van der Waals surface area (Å²) in [6.45, 7) is 6.29. The highest BCUT2D eigenvalue weighted by molar-refractivity contribution is 6.02. The maximum absolute atomic E-state index is 13.6. The number of aliphatic imine (C=N–C) groups is 2. The fourth-order valence-corrected chi connectivity index (χ4v) is 7.51. The Hall–Kier alpha value is -5.66. The second-order valence-electron chi connectivity index (χ2n) is 17.4. The fraction of sp³-hybridized carbons (Fsp3) is 0.673. The van der Waals surface area contributed by atoms with Gasteiger partial charge in [-0.3, -0.25) is 19.2 Å². The average Bonchev–Trinajstić information content (AvgIpc) is 3.57. The molecular formula is C49H79N9O8. The summed E-state index contributed by atoms with van der Waals surface area (Å²) in [6.07, 6.45) is 28.0. The van der Waals surface area contributed by atoms with Crippen LogP contribution in [0.3, 0.4) is 0 Å². The number of allylic oxidation sites excluding steroid dienone is 1. The third-order valence-corrected chi connectivity index (χ3v) is 11.4. The molecule has 1 saturated heterocycles. The number of nitrogens with zero attached hydrogens (tertiary/aromatic N) is 3. The van der Waals surface area contributed by atoms with Crippen molar-refractivity contribution >= 4 is 41.5 Å². The number of aromatic hydroxyl groups is 1. The third-order valence-electron chi connectivity index (χ3n) is 11.4. The lowest BCUT2D eigenvalue weighted by Crippen LogP contribution is -2.51. The number of ether oxygens (including phenoxy) is 2.